The maximum absolute atomic E-state index is 12.0. The number of carbonyl (C=O) groups excluding carboxylic acids is 1. The van der Waals surface area contributed by atoms with Gasteiger partial charge in [-0.3, -0.25) is 4.68 Å². The predicted octanol–water partition coefficient (Wildman–Crippen LogP) is 2.19. The van der Waals surface area contributed by atoms with Crippen molar-refractivity contribution in [1.82, 2.24) is 14.7 Å². The highest BCUT2D eigenvalue weighted by Crippen LogP contribution is 2.25. The molecule has 1 aliphatic heterocycles. The number of rotatable bonds is 1. The maximum Gasteiger partial charge on any atom is 0.410 e. The Morgan fingerprint density at radius 3 is 2.75 bits per heavy atom. The van der Waals surface area contributed by atoms with Gasteiger partial charge in [0.2, 0.25) is 0 Å². The number of piperidine rings is 1. The zero-order chi connectivity index (χ0) is 14.9. The molecule has 1 aromatic heterocycles. The third-order valence-corrected chi connectivity index (χ3v) is 3.52. The van der Waals surface area contributed by atoms with Crippen molar-refractivity contribution in [2.24, 2.45) is 0 Å². The fraction of sp³-hybridized carbons (Fsp3) is 0.692. The van der Waals surface area contributed by atoms with Crippen LogP contribution in [0.25, 0.3) is 0 Å². The summed E-state index contributed by atoms with van der Waals surface area (Å²) in [4.78, 5) is 13.5. The number of ether oxygens (including phenoxy) is 1. The molecule has 2 heterocycles. The highest BCUT2D eigenvalue weighted by atomic mass is 79.9. The summed E-state index contributed by atoms with van der Waals surface area (Å²) in [6, 6.07) is -0.111. The van der Waals surface area contributed by atoms with Crippen LogP contribution < -0.4 is 0 Å². The minimum atomic E-state index is -0.650. The number of likely N-dealkylation sites (tertiary alicyclic amines) is 1. The highest BCUT2D eigenvalue weighted by molar-refractivity contribution is 9.10. The van der Waals surface area contributed by atoms with Crippen molar-refractivity contribution in [3.63, 3.8) is 0 Å². The fourth-order valence-electron chi connectivity index (χ4n) is 2.22. The van der Waals surface area contributed by atoms with Gasteiger partial charge in [-0.25, -0.2) is 4.79 Å². The molecule has 1 saturated heterocycles. The van der Waals surface area contributed by atoms with Crippen molar-refractivity contribution in [3.8, 4) is 0 Å². The topological polar surface area (TPSA) is 67.6 Å². The summed E-state index contributed by atoms with van der Waals surface area (Å²) >= 11 is 3.34. The highest BCUT2D eigenvalue weighted by Gasteiger charge is 2.33. The predicted molar refractivity (Wildman–Crippen MR) is 77.4 cm³/mol. The van der Waals surface area contributed by atoms with E-state index in [2.05, 4.69) is 21.0 Å². The second-order valence-electron chi connectivity index (χ2n) is 5.99. The average molecular weight is 346 g/mol. The van der Waals surface area contributed by atoms with Gasteiger partial charge in [0.05, 0.1) is 29.4 Å². The molecule has 0 aromatic carbocycles. The first-order valence-electron chi connectivity index (χ1n) is 6.62. The Balaban J connectivity index is 1.97. The van der Waals surface area contributed by atoms with Crippen molar-refractivity contribution in [2.45, 2.75) is 44.9 Å². The summed E-state index contributed by atoms with van der Waals surface area (Å²) in [6.07, 6.45) is 3.14. The molecule has 112 valence electrons. The number of nitrogens with zero attached hydrogens (tertiary/aromatic N) is 3. The fourth-order valence-corrected chi connectivity index (χ4v) is 2.52. The van der Waals surface area contributed by atoms with Gasteiger partial charge in [0.15, 0.2) is 0 Å². The van der Waals surface area contributed by atoms with E-state index in [4.69, 9.17) is 4.74 Å². The standard InChI is InChI=1S/C13H20BrN3O3/c1-13(2,3)20-12(19)16-5-4-10(11(18)8-16)17-7-9(14)6-15-17/h6-7,10-11,18H,4-5,8H2,1-3H3. The van der Waals surface area contributed by atoms with Crippen molar-refractivity contribution in [1.29, 1.82) is 0 Å². The Labute approximate surface area is 126 Å². The molecular formula is C13H20BrN3O3. The number of hydrogen-bond donors (Lipinski definition) is 1. The lowest BCUT2D eigenvalue weighted by Gasteiger charge is -2.36. The Morgan fingerprint density at radius 1 is 1.55 bits per heavy atom. The monoisotopic (exact) mass is 345 g/mol. The molecule has 1 aromatic rings. The number of carbonyl (C=O) groups is 1. The molecule has 2 unspecified atom stereocenters. The van der Waals surface area contributed by atoms with E-state index in [0.29, 0.717) is 13.0 Å². The molecule has 0 bridgehead atoms. The molecular weight excluding hydrogens is 326 g/mol. The zero-order valence-corrected chi connectivity index (χ0v) is 13.5. The number of hydrogen-bond acceptors (Lipinski definition) is 4. The molecule has 7 heteroatoms. The lowest BCUT2D eigenvalue weighted by atomic mass is 10.0. The number of amides is 1. The van der Waals surface area contributed by atoms with Crippen molar-refractivity contribution < 1.29 is 14.6 Å². The Hall–Kier alpha value is -1.08. The normalized spacial score (nSPS) is 23.8. The maximum atomic E-state index is 12.0. The summed E-state index contributed by atoms with van der Waals surface area (Å²) < 4.78 is 7.93. The van der Waals surface area contributed by atoms with Crippen molar-refractivity contribution in [3.05, 3.63) is 16.9 Å². The van der Waals surface area contributed by atoms with Gasteiger partial charge < -0.3 is 14.7 Å². The summed E-state index contributed by atoms with van der Waals surface area (Å²) in [5.74, 6) is 0. The van der Waals surface area contributed by atoms with Gasteiger partial charge >= 0.3 is 6.09 Å². The molecule has 2 rings (SSSR count). The zero-order valence-electron chi connectivity index (χ0n) is 11.9. The van der Waals surface area contributed by atoms with E-state index in [1.165, 1.54) is 0 Å². The van der Waals surface area contributed by atoms with Gasteiger partial charge in [0, 0.05) is 12.7 Å². The van der Waals surface area contributed by atoms with Crippen LogP contribution in [-0.2, 0) is 4.74 Å². The lowest BCUT2D eigenvalue weighted by Crippen LogP contribution is -2.48. The van der Waals surface area contributed by atoms with Crippen LogP contribution >= 0.6 is 15.9 Å². The van der Waals surface area contributed by atoms with Crippen LogP contribution in [0.5, 0.6) is 0 Å². The molecule has 2 atom stereocenters. The number of β-amino-alcohol motifs (C(OH)–C–C–N with tert-alkyl or cyclic N) is 1. The minimum absolute atomic E-state index is 0.111. The smallest absolute Gasteiger partial charge is 0.410 e. The SMILES string of the molecule is CC(C)(C)OC(=O)N1CCC(n2cc(Br)cn2)C(O)C1. The van der Waals surface area contributed by atoms with Gasteiger partial charge in [-0.2, -0.15) is 5.10 Å². The molecule has 1 fully saturated rings. The molecule has 20 heavy (non-hydrogen) atoms. The molecule has 0 radical (unpaired) electrons. The van der Waals surface area contributed by atoms with E-state index in [1.807, 2.05) is 27.0 Å². The van der Waals surface area contributed by atoms with Gasteiger partial charge in [-0.1, -0.05) is 0 Å². The van der Waals surface area contributed by atoms with Crippen LogP contribution in [0.15, 0.2) is 16.9 Å². The number of aliphatic hydroxyl groups excluding tert-OH is 1. The first-order valence-corrected chi connectivity index (χ1v) is 7.41. The molecule has 0 saturated carbocycles. The van der Waals surface area contributed by atoms with Crippen LogP contribution in [0.3, 0.4) is 0 Å². The van der Waals surface area contributed by atoms with E-state index < -0.39 is 11.7 Å². The van der Waals surface area contributed by atoms with Crippen molar-refractivity contribution >= 4 is 22.0 Å². The van der Waals surface area contributed by atoms with E-state index >= 15 is 0 Å². The van der Waals surface area contributed by atoms with Crippen LogP contribution in [0.2, 0.25) is 0 Å². The van der Waals surface area contributed by atoms with E-state index in [9.17, 15) is 9.90 Å². The van der Waals surface area contributed by atoms with Crippen molar-refractivity contribution in [2.75, 3.05) is 13.1 Å². The Kier molecular flexibility index (Phi) is 4.39. The molecule has 1 N–H and O–H groups in total. The van der Waals surface area contributed by atoms with E-state index in [1.54, 1.807) is 15.8 Å². The van der Waals surface area contributed by atoms with Gasteiger partial charge in [-0.15, -0.1) is 0 Å². The van der Waals surface area contributed by atoms with Gasteiger partial charge in [-0.05, 0) is 43.1 Å². The van der Waals surface area contributed by atoms with Crippen LogP contribution in [0.4, 0.5) is 4.79 Å². The van der Waals surface area contributed by atoms with Crippen LogP contribution in [-0.4, -0.2) is 50.7 Å². The first-order chi connectivity index (χ1) is 9.26. The summed E-state index contributed by atoms with van der Waals surface area (Å²) in [5, 5.41) is 14.4. The van der Waals surface area contributed by atoms with Gasteiger partial charge in [0.1, 0.15) is 5.60 Å². The van der Waals surface area contributed by atoms with Gasteiger partial charge in [0.25, 0.3) is 0 Å². The molecule has 0 spiro atoms. The second-order valence-corrected chi connectivity index (χ2v) is 6.90. The largest absolute Gasteiger partial charge is 0.444 e. The molecule has 6 nitrogen and oxygen atoms in total. The summed E-state index contributed by atoms with van der Waals surface area (Å²) in [5.41, 5.74) is -0.522. The van der Waals surface area contributed by atoms with Crippen LogP contribution in [0.1, 0.15) is 33.2 Å². The third kappa shape index (κ3) is 3.73. The van der Waals surface area contributed by atoms with E-state index in [0.717, 1.165) is 4.47 Å². The number of aliphatic hydroxyl groups is 1. The lowest BCUT2D eigenvalue weighted by molar-refractivity contribution is -0.0118. The Morgan fingerprint density at radius 2 is 2.25 bits per heavy atom. The second kappa shape index (κ2) is 5.73. The molecule has 0 aliphatic carbocycles. The van der Waals surface area contributed by atoms with Crippen LogP contribution in [0, 0.1) is 0 Å². The minimum Gasteiger partial charge on any atom is -0.444 e. The number of aromatic nitrogens is 2. The Bertz CT molecular complexity index is 483. The number of halogens is 1. The quantitative estimate of drug-likeness (QED) is 0.847. The molecule has 1 aliphatic rings. The summed E-state index contributed by atoms with van der Waals surface area (Å²) in [7, 11) is 0. The van der Waals surface area contributed by atoms with E-state index in [-0.39, 0.29) is 18.7 Å². The summed E-state index contributed by atoms with van der Waals surface area (Å²) in [6.45, 7) is 6.30. The first kappa shape index (κ1) is 15.3. The third-order valence-electron chi connectivity index (χ3n) is 3.11. The molecule has 1 amide bonds. The average Bonchev–Trinajstić information content (AvgIpc) is 2.73.